The lowest BCUT2D eigenvalue weighted by Crippen LogP contribution is -2.28. The highest BCUT2D eigenvalue weighted by Crippen LogP contribution is 2.08. The molecule has 1 aromatic carbocycles. The molecule has 0 unspecified atom stereocenters. The zero-order valence-electron chi connectivity index (χ0n) is 9.92. The Labute approximate surface area is 106 Å². The van der Waals surface area contributed by atoms with Gasteiger partial charge in [-0.05, 0) is 17.7 Å². The van der Waals surface area contributed by atoms with E-state index < -0.39 is 16.0 Å². The van der Waals surface area contributed by atoms with Crippen LogP contribution in [0.4, 0.5) is 0 Å². The predicted octanol–water partition coefficient (Wildman–Crippen LogP) is 0.451. The zero-order valence-corrected chi connectivity index (χ0v) is 10.7. The van der Waals surface area contributed by atoms with Crippen LogP contribution < -0.4 is 4.72 Å². The molecule has 1 aromatic rings. The van der Waals surface area contributed by atoms with Crippen molar-refractivity contribution in [1.29, 1.82) is 0 Å². The first-order valence-electron chi connectivity index (χ1n) is 5.23. The largest absolute Gasteiger partial charge is 0.478 e. The Hall–Kier alpha value is -1.44. The second-order valence-corrected chi connectivity index (χ2v) is 5.46. The quantitative estimate of drug-likeness (QED) is 0.704. The fraction of sp³-hybridized carbons (Fsp3) is 0.364. The van der Waals surface area contributed by atoms with E-state index in [1.165, 1.54) is 25.3 Å². The van der Waals surface area contributed by atoms with Crippen LogP contribution in [0.1, 0.15) is 15.9 Å². The monoisotopic (exact) mass is 273 g/mol. The molecule has 1 rings (SSSR count). The maximum atomic E-state index is 11.6. The van der Waals surface area contributed by atoms with Crippen LogP contribution in [0.5, 0.6) is 0 Å². The van der Waals surface area contributed by atoms with Crippen molar-refractivity contribution in [3.63, 3.8) is 0 Å². The van der Waals surface area contributed by atoms with Crippen LogP contribution >= 0.6 is 0 Å². The molecule has 0 aromatic heterocycles. The van der Waals surface area contributed by atoms with Crippen LogP contribution in [0, 0.1) is 0 Å². The molecule has 0 fully saturated rings. The molecule has 0 heterocycles. The van der Waals surface area contributed by atoms with Gasteiger partial charge in [-0.3, -0.25) is 0 Å². The number of aromatic carboxylic acids is 1. The molecule has 0 spiro atoms. The molecule has 0 bridgehead atoms. The van der Waals surface area contributed by atoms with Gasteiger partial charge in [0.1, 0.15) is 0 Å². The molecule has 0 saturated heterocycles. The third kappa shape index (κ3) is 4.82. The second kappa shape index (κ2) is 6.48. The Kier molecular flexibility index (Phi) is 5.26. The Balaban J connectivity index is 2.72. The number of benzene rings is 1. The van der Waals surface area contributed by atoms with E-state index in [0.29, 0.717) is 5.56 Å². The molecule has 18 heavy (non-hydrogen) atoms. The van der Waals surface area contributed by atoms with Crippen LogP contribution in [0.15, 0.2) is 24.3 Å². The summed E-state index contributed by atoms with van der Waals surface area (Å²) in [5.74, 6) is -1.33. The fourth-order valence-corrected chi connectivity index (χ4v) is 2.48. The standard InChI is InChI=1S/C11H15NO5S/c1-17-6-5-12-18(15,16)8-9-3-2-4-10(7-9)11(13)14/h2-4,7,12H,5-6,8H2,1H3,(H,13,14). The van der Waals surface area contributed by atoms with Gasteiger partial charge in [-0.15, -0.1) is 0 Å². The van der Waals surface area contributed by atoms with E-state index in [9.17, 15) is 13.2 Å². The lowest BCUT2D eigenvalue weighted by atomic mass is 10.1. The number of carboxylic acid groups (broad SMARTS) is 1. The highest BCUT2D eigenvalue weighted by atomic mass is 32.2. The van der Waals surface area contributed by atoms with Gasteiger partial charge in [0.05, 0.1) is 17.9 Å². The van der Waals surface area contributed by atoms with Crippen molar-refractivity contribution in [2.75, 3.05) is 20.3 Å². The molecule has 7 heteroatoms. The molecule has 6 nitrogen and oxygen atoms in total. The summed E-state index contributed by atoms with van der Waals surface area (Å²) in [6.45, 7) is 0.478. The highest BCUT2D eigenvalue weighted by Gasteiger charge is 2.12. The number of hydrogen-bond donors (Lipinski definition) is 2. The summed E-state index contributed by atoms with van der Waals surface area (Å²) in [6.07, 6.45) is 0. The van der Waals surface area contributed by atoms with Crippen LogP contribution in [-0.4, -0.2) is 39.8 Å². The molecule has 0 aliphatic carbocycles. The molecule has 0 atom stereocenters. The van der Waals surface area contributed by atoms with E-state index in [1.54, 1.807) is 6.07 Å². The first-order valence-corrected chi connectivity index (χ1v) is 6.88. The number of ether oxygens (including phenoxy) is 1. The smallest absolute Gasteiger partial charge is 0.335 e. The number of methoxy groups -OCH3 is 1. The van der Waals surface area contributed by atoms with Gasteiger partial charge in [0.15, 0.2) is 0 Å². The lowest BCUT2D eigenvalue weighted by molar-refractivity contribution is 0.0696. The molecule has 0 aliphatic rings. The predicted molar refractivity (Wildman–Crippen MR) is 65.9 cm³/mol. The van der Waals surface area contributed by atoms with Gasteiger partial charge in [0.25, 0.3) is 0 Å². The minimum absolute atomic E-state index is 0.0691. The topological polar surface area (TPSA) is 92.7 Å². The molecular weight excluding hydrogens is 258 g/mol. The fourth-order valence-electron chi connectivity index (χ4n) is 1.36. The van der Waals surface area contributed by atoms with E-state index >= 15 is 0 Å². The Bertz CT molecular complexity index is 512. The van der Waals surface area contributed by atoms with Crippen LogP contribution in [0.2, 0.25) is 0 Å². The summed E-state index contributed by atoms with van der Waals surface area (Å²) >= 11 is 0. The van der Waals surface area contributed by atoms with Crippen molar-refractivity contribution in [1.82, 2.24) is 4.72 Å². The average molecular weight is 273 g/mol. The Morgan fingerprint density at radius 3 is 2.78 bits per heavy atom. The van der Waals surface area contributed by atoms with Gasteiger partial charge >= 0.3 is 5.97 Å². The van der Waals surface area contributed by atoms with Crippen LogP contribution in [-0.2, 0) is 20.5 Å². The first kappa shape index (κ1) is 14.6. The normalized spacial score (nSPS) is 11.4. The summed E-state index contributed by atoms with van der Waals surface area (Å²) in [5, 5.41) is 8.80. The minimum atomic E-state index is -3.47. The molecular formula is C11H15NO5S. The molecule has 0 aliphatic heterocycles. The van der Waals surface area contributed by atoms with Crippen molar-refractivity contribution < 1.29 is 23.1 Å². The third-order valence-corrected chi connectivity index (χ3v) is 3.52. The van der Waals surface area contributed by atoms with Crippen LogP contribution in [0.25, 0.3) is 0 Å². The Morgan fingerprint density at radius 1 is 1.44 bits per heavy atom. The van der Waals surface area contributed by atoms with E-state index in [1.807, 2.05) is 0 Å². The SMILES string of the molecule is COCCNS(=O)(=O)Cc1cccc(C(=O)O)c1. The van der Waals surface area contributed by atoms with Crippen molar-refractivity contribution >= 4 is 16.0 Å². The molecule has 0 amide bonds. The van der Waals surface area contributed by atoms with E-state index in [0.717, 1.165) is 0 Å². The Morgan fingerprint density at radius 2 is 2.17 bits per heavy atom. The van der Waals surface area contributed by atoms with Gasteiger partial charge in [-0.25, -0.2) is 17.9 Å². The van der Waals surface area contributed by atoms with E-state index in [4.69, 9.17) is 9.84 Å². The second-order valence-electron chi connectivity index (χ2n) is 3.65. The number of hydrogen-bond acceptors (Lipinski definition) is 4. The number of carboxylic acids is 1. The van der Waals surface area contributed by atoms with Crippen molar-refractivity contribution in [3.8, 4) is 0 Å². The maximum absolute atomic E-state index is 11.6. The summed E-state index contributed by atoms with van der Waals surface area (Å²) in [4.78, 5) is 10.7. The lowest BCUT2D eigenvalue weighted by Gasteiger charge is -2.06. The molecule has 100 valence electrons. The van der Waals surface area contributed by atoms with E-state index in [2.05, 4.69) is 4.72 Å². The average Bonchev–Trinajstić information content (AvgIpc) is 2.28. The summed E-state index contributed by atoms with van der Waals surface area (Å²) in [7, 11) is -2.00. The number of nitrogens with one attached hydrogen (secondary N) is 1. The maximum Gasteiger partial charge on any atom is 0.335 e. The summed E-state index contributed by atoms with van der Waals surface area (Å²) in [6, 6.07) is 5.85. The minimum Gasteiger partial charge on any atom is -0.478 e. The van der Waals surface area contributed by atoms with Gasteiger partial charge < -0.3 is 9.84 Å². The highest BCUT2D eigenvalue weighted by molar-refractivity contribution is 7.88. The number of sulfonamides is 1. The van der Waals surface area contributed by atoms with E-state index in [-0.39, 0.29) is 24.5 Å². The van der Waals surface area contributed by atoms with Gasteiger partial charge in [0, 0.05) is 13.7 Å². The molecule has 0 saturated carbocycles. The van der Waals surface area contributed by atoms with Crippen LogP contribution in [0.3, 0.4) is 0 Å². The molecule has 0 radical (unpaired) electrons. The first-order chi connectivity index (χ1) is 8.44. The summed E-state index contributed by atoms with van der Waals surface area (Å²) < 4.78 is 30.4. The summed E-state index contributed by atoms with van der Waals surface area (Å²) in [5.41, 5.74) is 0.499. The number of carbonyl (C=O) groups is 1. The zero-order chi connectivity index (χ0) is 13.6. The van der Waals surface area contributed by atoms with Crippen molar-refractivity contribution in [3.05, 3.63) is 35.4 Å². The van der Waals surface area contributed by atoms with Gasteiger partial charge in [-0.2, -0.15) is 0 Å². The van der Waals surface area contributed by atoms with Crippen molar-refractivity contribution in [2.24, 2.45) is 0 Å². The van der Waals surface area contributed by atoms with Gasteiger partial charge in [-0.1, -0.05) is 12.1 Å². The molecule has 2 N–H and O–H groups in total. The number of rotatable bonds is 7. The van der Waals surface area contributed by atoms with Gasteiger partial charge in [0.2, 0.25) is 10.0 Å². The van der Waals surface area contributed by atoms with Crippen molar-refractivity contribution in [2.45, 2.75) is 5.75 Å². The third-order valence-electron chi connectivity index (χ3n) is 2.16.